The first-order chi connectivity index (χ1) is 5.34. The third-order valence-corrected chi connectivity index (χ3v) is 1.70. The van der Waals surface area contributed by atoms with Crippen LogP contribution in [0.15, 0.2) is 0 Å². The third-order valence-electron chi connectivity index (χ3n) is 1.70. The van der Waals surface area contributed by atoms with Gasteiger partial charge in [0.1, 0.15) is 0 Å². The van der Waals surface area contributed by atoms with Crippen molar-refractivity contribution in [3.63, 3.8) is 0 Å². The number of amides is 1. The molecule has 0 unspecified atom stereocenters. The lowest BCUT2D eigenvalue weighted by Crippen LogP contribution is -2.40. The van der Waals surface area contributed by atoms with Crippen LogP contribution >= 0.6 is 0 Å². The maximum Gasteiger partial charge on any atom is 0.224 e. The van der Waals surface area contributed by atoms with Crippen molar-refractivity contribution < 1.29 is 9.53 Å². The van der Waals surface area contributed by atoms with Crippen molar-refractivity contribution in [2.45, 2.75) is 6.42 Å². The van der Waals surface area contributed by atoms with Gasteiger partial charge in [-0.05, 0) is 0 Å². The molecule has 1 aliphatic heterocycles. The first-order valence-electron chi connectivity index (χ1n) is 3.84. The Balaban J connectivity index is 2.27. The minimum absolute atomic E-state index is 0.0864. The Bertz CT molecular complexity index is 132. The quantitative estimate of drug-likeness (QED) is 0.543. The number of hydrogen-bond acceptors (Lipinski definition) is 2. The lowest BCUT2D eigenvalue weighted by Gasteiger charge is -2.26. The predicted octanol–water partition coefficient (Wildman–Crippen LogP) is -0.482. The summed E-state index contributed by atoms with van der Waals surface area (Å²) in [6.07, 6.45) is 0.347. The Labute approximate surface area is 66.3 Å². The van der Waals surface area contributed by atoms with Crippen molar-refractivity contribution in [1.82, 2.24) is 10.6 Å². The number of ether oxygens (including phenoxy) is 1. The molecular weight excluding hydrogens is 144 g/mol. The van der Waals surface area contributed by atoms with Crippen LogP contribution < -0.4 is 5.73 Å². The van der Waals surface area contributed by atoms with Crippen molar-refractivity contribution in [2.75, 3.05) is 32.8 Å². The second-order valence-electron chi connectivity index (χ2n) is 2.49. The van der Waals surface area contributed by atoms with Gasteiger partial charge in [0, 0.05) is 26.1 Å². The normalized spacial score (nSPS) is 18.5. The summed E-state index contributed by atoms with van der Waals surface area (Å²) in [6, 6.07) is 0. The summed E-state index contributed by atoms with van der Waals surface area (Å²) >= 11 is 0. The average Bonchev–Trinajstić information content (AvgIpc) is 2.07. The maximum atomic E-state index is 11.1. The van der Waals surface area contributed by atoms with Crippen LogP contribution in [-0.4, -0.2) is 43.7 Å². The number of nitrogens with zero attached hydrogens (tertiary/aromatic N) is 1. The predicted molar refractivity (Wildman–Crippen MR) is 40.0 cm³/mol. The molecule has 0 aliphatic carbocycles. The van der Waals surface area contributed by atoms with Crippen LogP contribution in [0.3, 0.4) is 0 Å². The van der Waals surface area contributed by atoms with Gasteiger partial charge in [-0.25, -0.2) is 0 Å². The van der Waals surface area contributed by atoms with Crippen LogP contribution in [0, 0.1) is 0 Å². The van der Waals surface area contributed by atoms with Crippen molar-refractivity contribution in [3.05, 3.63) is 0 Å². The molecule has 0 bridgehead atoms. The lowest BCUT2D eigenvalue weighted by molar-refractivity contribution is -0.135. The van der Waals surface area contributed by atoms with E-state index in [0.717, 1.165) is 0 Å². The summed E-state index contributed by atoms with van der Waals surface area (Å²) in [7, 11) is 0. The summed E-state index contributed by atoms with van der Waals surface area (Å²) in [6.45, 7) is 2.86. The van der Waals surface area contributed by atoms with Crippen LogP contribution in [-0.2, 0) is 9.53 Å². The fourth-order valence-electron chi connectivity index (χ4n) is 1.08. The van der Waals surface area contributed by atoms with E-state index in [1.54, 1.807) is 4.90 Å². The summed E-state index contributed by atoms with van der Waals surface area (Å²) in [5.41, 5.74) is 6.87. The largest absolute Gasteiger partial charge is 0.378 e. The number of nitrogens with one attached hydrogen (secondary N) is 1. The van der Waals surface area contributed by atoms with Crippen molar-refractivity contribution in [1.29, 1.82) is 0 Å². The summed E-state index contributed by atoms with van der Waals surface area (Å²) in [4.78, 5) is 12.9. The van der Waals surface area contributed by atoms with E-state index in [1.165, 1.54) is 0 Å². The first-order valence-corrected chi connectivity index (χ1v) is 3.84. The van der Waals surface area contributed by atoms with Gasteiger partial charge in [-0.3, -0.25) is 10.5 Å². The maximum absolute atomic E-state index is 11.1. The van der Waals surface area contributed by atoms with Gasteiger partial charge in [-0.2, -0.15) is 0 Å². The Hall–Kier alpha value is -0.610. The molecular formula is C7H13N2O2. The van der Waals surface area contributed by atoms with Crippen LogP contribution in [0.1, 0.15) is 6.42 Å². The molecule has 1 amide bonds. The third kappa shape index (κ3) is 2.48. The van der Waals surface area contributed by atoms with E-state index in [1.807, 2.05) is 0 Å². The zero-order valence-corrected chi connectivity index (χ0v) is 6.51. The van der Waals surface area contributed by atoms with E-state index in [4.69, 9.17) is 10.5 Å². The van der Waals surface area contributed by atoms with Crippen LogP contribution in [0.4, 0.5) is 0 Å². The molecule has 0 saturated carbocycles. The molecule has 1 heterocycles. The Morgan fingerprint density at radius 3 is 2.64 bits per heavy atom. The van der Waals surface area contributed by atoms with Gasteiger partial charge in [0.05, 0.1) is 13.2 Å². The molecule has 0 aromatic rings. The highest BCUT2D eigenvalue weighted by atomic mass is 16.5. The van der Waals surface area contributed by atoms with Crippen LogP contribution in [0.25, 0.3) is 0 Å². The van der Waals surface area contributed by atoms with Gasteiger partial charge in [-0.15, -0.1) is 0 Å². The fraction of sp³-hybridized carbons (Fsp3) is 0.857. The molecule has 0 spiro atoms. The molecule has 1 radical (unpaired) electrons. The lowest BCUT2D eigenvalue weighted by atomic mass is 10.3. The fourth-order valence-corrected chi connectivity index (χ4v) is 1.08. The number of carbonyl (C=O) groups excluding carboxylic acids is 1. The van der Waals surface area contributed by atoms with E-state index >= 15 is 0 Å². The Kier molecular flexibility index (Phi) is 3.32. The van der Waals surface area contributed by atoms with Gasteiger partial charge in [0.2, 0.25) is 5.91 Å². The SMILES string of the molecule is [NH]CCC(=O)N1CCOCC1. The Morgan fingerprint density at radius 1 is 1.45 bits per heavy atom. The molecule has 11 heavy (non-hydrogen) atoms. The van der Waals surface area contributed by atoms with Gasteiger partial charge in [-0.1, -0.05) is 0 Å². The molecule has 0 aromatic carbocycles. The minimum Gasteiger partial charge on any atom is -0.378 e. The van der Waals surface area contributed by atoms with E-state index < -0.39 is 0 Å². The summed E-state index contributed by atoms with van der Waals surface area (Å²) in [5, 5.41) is 0. The van der Waals surface area contributed by atoms with E-state index in [0.29, 0.717) is 32.7 Å². The molecule has 0 aromatic heterocycles. The zero-order valence-electron chi connectivity index (χ0n) is 6.51. The molecule has 1 N–H and O–H groups in total. The molecule has 4 heteroatoms. The highest BCUT2D eigenvalue weighted by Gasteiger charge is 2.15. The van der Waals surface area contributed by atoms with Crippen LogP contribution in [0.5, 0.6) is 0 Å². The van der Waals surface area contributed by atoms with Crippen molar-refractivity contribution in [3.8, 4) is 0 Å². The van der Waals surface area contributed by atoms with Gasteiger partial charge >= 0.3 is 0 Å². The molecule has 1 aliphatic rings. The molecule has 0 atom stereocenters. The monoisotopic (exact) mass is 157 g/mol. The molecule has 1 saturated heterocycles. The van der Waals surface area contributed by atoms with Gasteiger partial charge in [0.25, 0.3) is 0 Å². The minimum atomic E-state index is 0.0864. The van der Waals surface area contributed by atoms with E-state index in [2.05, 4.69) is 0 Å². The van der Waals surface area contributed by atoms with E-state index in [9.17, 15) is 4.79 Å². The van der Waals surface area contributed by atoms with Crippen LogP contribution in [0.2, 0.25) is 0 Å². The topological polar surface area (TPSA) is 53.3 Å². The molecule has 63 valence electrons. The molecule has 4 nitrogen and oxygen atoms in total. The second-order valence-corrected chi connectivity index (χ2v) is 2.49. The standard InChI is InChI=1S/C7H13N2O2/c8-2-1-7(10)9-3-5-11-6-4-9/h8H,1-6H2. The summed E-state index contributed by atoms with van der Waals surface area (Å²) < 4.78 is 5.09. The van der Waals surface area contributed by atoms with Crippen molar-refractivity contribution in [2.24, 2.45) is 0 Å². The van der Waals surface area contributed by atoms with Gasteiger partial charge in [0.15, 0.2) is 0 Å². The number of carbonyl (C=O) groups is 1. The van der Waals surface area contributed by atoms with E-state index in [-0.39, 0.29) is 12.5 Å². The second kappa shape index (κ2) is 4.31. The Morgan fingerprint density at radius 2 is 2.09 bits per heavy atom. The van der Waals surface area contributed by atoms with Gasteiger partial charge < -0.3 is 9.64 Å². The molecule has 1 fully saturated rings. The summed E-state index contributed by atoms with van der Waals surface area (Å²) in [5.74, 6) is 0.0864. The zero-order chi connectivity index (χ0) is 8.10. The molecule has 1 rings (SSSR count). The number of morpholine rings is 1. The smallest absolute Gasteiger partial charge is 0.224 e. The first kappa shape index (κ1) is 8.49. The highest BCUT2D eigenvalue weighted by Crippen LogP contribution is 1.98. The highest BCUT2D eigenvalue weighted by molar-refractivity contribution is 5.76. The average molecular weight is 157 g/mol. The van der Waals surface area contributed by atoms with Crippen molar-refractivity contribution >= 4 is 5.91 Å². The number of hydrogen-bond donors (Lipinski definition) is 0. The number of rotatable bonds is 2.